The van der Waals surface area contributed by atoms with E-state index in [2.05, 4.69) is 68.7 Å². The molecule has 8 nitrogen and oxygen atoms in total. The van der Waals surface area contributed by atoms with Crippen LogP contribution in [0, 0.1) is 11.7 Å². The third kappa shape index (κ3) is 7.18. The first-order valence-corrected chi connectivity index (χ1v) is 16.0. The fourth-order valence-electron chi connectivity index (χ4n) is 6.56. The molecule has 6 rings (SSSR count). The molecule has 0 radical (unpaired) electrons. The number of piperidine rings is 1. The molecule has 1 aromatic heterocycles. The standard InChI is InChI=1S/C33H42FN7OS/c1-25-6-5-15-41(23-25)30-22-29(40-18-16-39(17-19-40)28-7-3-2-4-8-28)36-31(37-30)38-32(43)35-24-33(13-20-42-21-14-33)26-9-11-27(34)12-10-26/h2-4,7-12,22,25H,5-6,13-21,23-24H2,1H3,(H2,35,36,37,38,43)/t25-/m0/s1. The summed E-state index contributed by atoms with van der Waals surface area (Å²) in [6.07, 6.45) is 4.09. The number of hydrogen-bond donors (Lipinski definition) is 2. The lowest BCUT2D eigenvalue weighted by Gasteiger charge is -2.38. The number of para-hydroxylation sites is 1. The number of nitrogens with one attached hydrogen (secondary N) is 2. The highest BCUT2D eigenvalue weighted by atomic mass is 32.1. The van der Waals surface area contributed by atoms with E-state index in [4.69, 9.17) is 26.9 Å². The third-order valence-corrected chi connectivity index (χ3v) is 9.37. The Balaban J connectivity index is 1.17. The molecule has 4 heterocycles. The van der Waals surface area contributed by atoms with E-state index in [0.717, 1.165) is 75.7 Å². The van der Waals surface area contributed by atoms with Crippen molar-refractivity contribution in [1.29, 1.82) is 0 Å². The molecule has 2 aromatic carbocycles. The number of hydrogen-bond acceptors (Lipinski definition) is 7. The second-order valence-electron chi connectivity index (χ2n) is 12.1. The van der Waals surface area contributed by atoms with Crippen LogP contribution in [-0.4, -0.2) is 74.1 Å². The molecule has 0 bridgehead atoms. The smallest absolute Gasteiger partial charge is 0.232 e. The summed E-state index contributed by atoms with van der Waals surface area (Å²) in [5.41, 5.74) is 2.17. The lowest BCUT2D eigenvalue weighted by atomic mass is 9.74. The summed E-state index contributed by atoms with van der Waals surface area (Å²) in [4.78, 5) is 17.1. The fraction of sp³-hybridized carbons (Fsp3) is 0.485. The van der Waals surface area contributed by atoms with Gasteiger partial charge in [0.05, 0.1) is 0 Å². The van der Waals surface area contributed by atoms with E-state index in [1.807, 2.05) is 12.1 Å². The maximum absolute atomic E-state index is 13.7. The molecule has 2 N–H and O–H groups in total. The number of aromatic nitrogens is 2. The van der Waals surface area contributed by atoms with Crippen LogP contribution in [0.25, 0.3) is 0 Å². The van der Waals surface area contributed by atoms with Gasteiger partial charge in [0.2, 0.25) is 5.95 Å². The summed E-state index contributed by atoms with van der Waals surface area (Å²) in [5, 5.41) is 7.23. The van der Waals surface area contributed by atoms with Crippen LogP contribution in [0.4, 0.5) is 27.7 Å². The van der Waals surface area contributed by atoms with E-state index in [-0.39, 0.29) is 11.2 Å². The maximum Gasteiger partial charge on any atom is 0.232 e. The Labute approximate surface area is 259 Å². The average molecular weight is 604 g/mol. The minimum absolute atomic E-state index is 0.187. The lowest BCUT2D eigenvalue weighted by Crippen LogP contribution is -2.47. The Kier molecular flexibility index (Phi) is 9.23. The van der Waals surface area contributed by atoms with E-state index in [0.29, 0.717) is 36.7 Å². The zero-order valence-electron chi connectivity index (χ0n) is 25.0. The molecular formula is C33H42FN7OS. The van der Waals surface area contributed by atoms with Crippen LogP contribution in [0.1, 0.15) is 38.2 Å². The van der Waals surface area contributed by atoms with Crippen LogP contribution in [0.15, 0.2) is 60.7 Å². The van der Waals surface area contributed by atoms with Crippen LogP contribution >= 0.6 is 12.2 Å². The van der Waals surface area contributed by atoms with Crippen LogP contribution in [0.2, 0.25) is 0 Å². The minimum Gasteiger partial charge on any atom is -0.381 e. The van der Waals surface area contributed by atoms with Gasteiger partial charge in [-0.25, -0.2) is 4.39 Å². The van der Waals surface area contributed by atoms with Crippen molar-refractivity contribution in [3.63, 3.8) is 0 Å². The van der Waals surface area contributed by atoms with Gasteiger partial charge in [-0.2, -0.15) is 9.97 Å². The van der Waals surface area contributed by atoms with Gasteiger partial charge in [0.25, 0.3) is 0 Å². The Morgan fingerprint density at radius 1 is 0.930 bits per heavy atom. The fourth-order valence-corrected chi connectivity index (χ4v) is 6.72. The highest BCUT2D eigenvalue weighted by Crippen LogP contribution is 2.34. The van der Waals surface area contributed by atoms with Gasteiger partial charge < -0.3 is 30.1 Å². The van der Waals surface area contributed by atoms with Gasteiger partial charge in [0, 0.05) is 76.2 Å². The Hall–Kier alpha value is -3.50. The van der Waals surface area contributed by atoms with E-state index in [1.54, 1.807) is 0 Å². The molecule has 0 unspecified atom stereocenters. The number of halogens is 1. The Bertz CT molecular complexity index is 1360. The van der Waals surface area contributed by atoms with Crippen LogP contribution in [0.5, 0.6) is 0 Å². The number of ether oxygens (including phenoxy) is 1. The summed E-state index contributed by atoms with van der Waals surface area (Å²) in [7, 11) is 0. The maximum atomic E-state index is 13.7. The molecule has 3 fully saturated rings. The summed E-state index contributed by atoms with van der Waals surface area (Å²) >= 11 is 5.79. The Morgan fingerprint density at radius 2 is 1.60 bits per heavy atom. The topological polar surface area (TPSA) is 68.8 Å². The van der Waals surface area contributed by atoms with E-state index in [9.17, 15) is 4.39 Å². The molecule has 3 aliphatic heterocycles. The molecule has 0 aliphatic carbocycles. The molecule has 0 amide bonds. The zero-order valence-corrected chi connectivity index (χ0v) is 25.8. The minimum atomic E-state index is -0.228. The normalized spacial score (nSPS) is 20.5. The van der Waals surface area contributed by atoms with E-state index >= 15 is 0 Å². The first-order valence-electron chi connectivity index (χ1n) is 15.6. The second kappa shape index (κ2) is 13.4. The van der Waals surface area contributed by atoms with Crippen molar-refractivity contribution in [1.82, 2.24) is 15.3 Å². The summed E-state index contributed by atoms with van der Waals surface area (Å²) in [6, 6.07) is 19.6. The first-order chi connectivity index (χ1) is 21.0. The van der Waals surface area contributed by atoms with Gasteiger partial charge in [-0.15, -0.1) is 0 Å². The number of piperazine rings is 1. The number of nitrogens with zero attached hydrogens (tertiary/aromatic N) is 5. The van der Waals surface area contributed by atoms with Crippen molar-refractivity contribution < 1.29 is 9.13 Å². The first kappa shape index (κ1) is 29.6. The molecule has 3 aliphatic rings. The highest BCUT2D eigenvalue weighted by Gasteiger charge is 2.35. The summed E-state index contributed by atoms with van der Waals surface area (Å²) < 4.78 is 19.4. The molecule has 1 atom stereocenters. The van der Waals surface area contributed by atoms with Gasteiger partial charge in [0.15, 0.2) is 5.11 Å². The van der Waals surface area contributed by atoms with Gasteiger partial charge in [0.1, 0.15) is 17.5 Å². The third-order valence-electron chi connectivity index (χ3n) is 9.12. The van der Waals surface area contributed by atoms with Crippen molar-refractivity contribution in [3.05, 3.63) is 72.0 Å². The second-order valence-corrected chi connectivity index (χ2v) is 12.5. The lowest BCUT2D eigenvalue weighted by molar-refractivity contribution is 0.0515. The van der Waals surface area contributed by atoms with Crippen molar-refractivity contribution >= 4 is 40.6 Å². The van der Waals surface area contributed by atoms with E-state index in [1.165, 1.54) is 24.2 Å². The van der Waals surface area contributed by atoms with Crippen molar-refractivity contribution in [2.24, 2.45) is 5.92 Å². The van der Waals surface area contributed by atoms with Crippen molar-refractivity contribution in [3.8, 4) is 0 Å². The van der Waals surface area contributed by atoms with Crippen LogP contribution < -0.4 is 25.3 Å². The number of rotatable bonds is 7. The van der Waals surface area contributed by atoms with Gasteiger partial charge in [-0.05, 0) is 73.6 Å². The van der Waals surface area contributed by atoms with Gasteiger partial charge >= 0.3 is 0 Å². The zero-order chi connectivity index (χ0) is 29.6. The molecule has 10 heteroatoms. The predicted octanol–water partition coefficient (Wildman–Crippen LogP) is 5.21. The number of benzene rings is 2. The SMILES string of the molecule is C[C@H]1CCCN(c2cc(N3CCN(c4ccccc4)CC3)nc(NC(=S)NCC3(c4ccc(F)cc4)CCOCC3)n2)C1. The average Bonchev–Trinajstić information content (AvgIpc) is 3.05. The molecule has 0 saturated carbocycles. The van der Waals surface area contributed by atoms with Crippen molar-refractivity contribution in [2.45, 2.75) is 38.0 Å². The summed E-state index contributed by atoms with van der Waals surface area (Å²) in [5.74, 6) is 2.78. The van der Waals surface area contributed by atoms with Gasteiger partial charge in [-0.3, -0.25) is 0 Å². The number of thiocarbonyl (C=S) groups is 1. The number of anilines is 4. The summed E-state index contributed by atoms with van der Waals surface area (Å²) in [6.45, 7) is 9.87. The quantitative estimate of drug-likeness (QED) is 0.354. The molecule has 3 aromatic rings. The van der Waals surface area contributed by atoms with Crippen LogP contribution in [0.3, 0.4) is 0 Å². The molecule has 0 spiro atoms. The molecule has 43 heavy (non-hydrogen) atoms. The molecular weight excluding hydrogens is 561 g/mol. The molecule has 228 valence electrons. The Morgan fingerprint density at radius 3 is 2.30 bits per heavy atom. The highest BCUT2D eigenvalue weighted by molar-refractivity contribution is 7.80. The largest absolute Gasteiger partial charge is 0.381 e. The van der Waals surface area contributed by atoms with Gasteiger partial charge in [-0.1, -0.05) is 37.3 Å². The van der Waals surface area contributed by atoms with Crippen molar-refractivity contribution in [2.75, 3.05) is 79.0 Å². The van der Waals surface area contributed by atoms with Crippen LogP contribution in [-0.2, 0) is 10.2 Å². The van der Waals surface area contributed by atoms with E-state index < -0.39 is 0 Å². The molecule has 3 saturated heterocycles. The predicted molar refractivity (Wildman–Crippen MR) is 176 cm³/mol. The monoisotopic (exact) mass is 603 g/mol.